The van der Waals surface area contributed by atoms with Crippen molar-refractivity contribution in [3.63, 3.8) is 0 Å². The molecule has 7 heteroatoms. The molecule has 22 heavy (non-hydrogen) atoms. The van der Waals surface area contributed by atoms with Gasteiger partial charge in [-0.15, -0.1) is 0 Å². The van der Waals surface area contributed by atoms with Gasteiger partial charge < -0.3 is 0 Å². The summed E-state index contributed by atoms with van der Waals surface area (Å²) in [5.41, 5.74) is 0.566. The Morgan fingerprint density at radius 3 is 2.41 bits per heavy atom. The summed E-state index contributed by atoms with van der Waals surface area (Å²) in [6, 6.07) is 9.43. The van der Waals surface area contributed by atoms with Crippen molar-refractivity contribution in [1.29, 1.82) is 0 Å². The van der Waals surface area contributed by atoms with E-state index in [0.717, 1.165) is 0 Å². The lowest BCUT2D eigenvalue weighted by Crippen LogP contribution is -2.23. The molecule has 0 saturated carbocycles. The van der Waals surface area contributed by atoms with Crippen LogP contribution in [-0.4, -0.2) is 14.2 Å². The molecule has 0 aliphatic heterocycles. The summed E-state index contributed by atoms with van der Waals surface area (Å²) in [7, 11) is -3.80. The number of hydrogen-bond donors (Lipinski definition) is 1. The summed E-state index contributed by atoms with van der Waals surface area (Å²) in [4.78, 5) is 11.2. The molecule has 2 aromatic carbocycles. The number of ketones is 1. The van der Waals surface area contributed by atoms with Crippen molar-refractivity contribution in [2.75, 3.05) is 0 Å². The van der Waals surface area contributed by atoms with Gasteiger partial charge in [0.25, 0.3) is 0 Å². The molecule has 1 N–H and O–H groups in total. The molecule has 0 fully saturated rings. The number of benzene rings is 2. The lowest BCUT2D eigenvalue weighted by molar-refractivity contribution is 0.101. The van der Waals surface area contributed by atoms with E-state index < -0.39 is 15.8 Å². The van der Waals surface area contributed by atoms with Crippen LogP contribution in [0.25, 0.3) is 0 Å². The first kappa shape index (κ1) is 16.6. The Morgan fingerprint density at radius 1 is 1.18 bits per heavy atom. The van der Waals surface area contributed by atoms with Crippen molar-refractivity contribution in [2.24, 2.45) is 0 Å². The first-order chi connectivity index (χ1) is 10.3. The molecule has 0 unspecified atom stereocenters. The summed E-state index contributed by atoms with van der Waals surface area (Å²) in [6.45, 7) is 1.17. The van der Waals surface area contributed by atoms with Gasteiger partial charge >= 0.3 is 0 Å². The highest BCUT2D eigenvalue weighted by atomic mass is 35.5. The third-order valence-corrected chi connectivity index (χ3v) is 4.68. The first-order valence-corrected chi connectivity index (χ1v) is 8.20. The zero-order valence-electron chi connectivity index (χ0n) is 11.6. The van der Waals surface area contributed by atoms with Crippen molar-refractivity contribution in [3.05, 3.63) is 64.4 Å². The van der Waals surface area contributed by atoms with Gasteiger partial charge in [-0.1, -0.05) is 23.7 Å². The highest BCUT2D eigenvalue weighted by Crippen LogP contribution is 2.16. The van der Waals surface area contributed by atoms with Crippen LogP contribution in [0.2, 0.25) is 5.02 Å². The van der Waals surface area contributed by atoms with E-state index in [2.05, 4.69) is 4.72 Å². The highest BCUT2D eigenvalue weighted by Gasteiger charge is 2.15. The first-order valence-electron chi connectivity index (χ1n) is 6.34. The topological polar surface area (TPSA) is 63.2 Å². The Labute approximate surface area is 133 Å². The van der Waals surface area contributed by atoms with Gasteiger partial charge in [0.2, 0.25) is 10.0 Å². The van der Waals surface area contributed by atoms with E-state index in [1.54, 1.807) is 0 Å². The molecular weight excluding hydrogens is 329 g/mol. The largest absolute Gasteiger partial charge is 0.295 e. The molecule has 0 aromatic heterocycles. The Kier molecular flexibility index (Phi) is 4.95. The SMILES string of the molecule is CC(=O)c1ccc(S(=O)(=O)NCc2cc(Cl)ccc2F)cc1. The Bertz CT molecular complexity index is 804. The fourth-order valence-corrected chi connectivity index (χ4v) is 3.00. The van der Waals surface area contributed by atoms with Crippen LogP contribution < -0.4 is 4.72 Å². The zero-order valence-corrected chi connectivity index (χ0v) is 13.2. The molecule has 0 atom stereocenters. The Balaban J connectivity index is 2.17. The summed E-state index contributed by atoms with van der Waals surface area (Å²) >= 11 is 5.76. The standard InChI is InChI=1S/C15H13ClFNO3S/c1-10(19)11-2-5-14(6-3-11)22(20,21)18-9-12-8-13(16)4-7-15(12)17/h2-8,18H,9H2,1H3. The molecule has 0 heterocycles. The van der Waals surface area contributed by atoms with E-state index in [4.69, 9.17) is 11.6 Å². The van der Waals surface area contributed by atoms with Gasteiger partial charge in [-0.3, -0.25) is 4.79 Å². The highest BCUT2D eigenvalue weighted by molar-refractivity contribution is 7.89. The molecule has 4 nitrogen and oxygen atoms in total. The maximum atomic E-state index is 13.6. The Morgan fingerprint density at radius 2 is 1.82 bits per heavy atom. The molecule has 116 valence electrons. The molecule has 0 spiro atoms. The number of nitrogens with one attached hydrogen (secondary N) is 1. The van der Waals surface area contributed by atoms with Gasteiger partial charge in [-0.25, -0.2) is 17.5 Å². The van der Waals surface area contributed by atoms with E-state index in [-0.39, 0.29) is 22.8 Å². The fourth-order valence-electron chi connectivity index (χ4n) is 1.80. The minimum Gasteiger partial charge on any atom is -0.295 e. The van der Waals surface area contributed by atoms with Gasteiger partial charge in [0, 0.05) is 22.7 Å². The lowest BCUT2D eigenvalue weighted by atomic mass is 10.2. The summed E-state index contributed by atoms with van der Waals surface area (Å²) in [6.07, 6.45) is 0. The second kappa shape index (κ2) is 6.56. The van der Waals surface area contributed by atoms with Gasteiger partial charge in [-0.2, -0.15) is 0 Å². The van der Waals surface area contributed by atoms with Crippen molar-refractivity contribution < 1.29 is 17.6 Å². The predicted octanol–water partition coefficient (Wildman–Crippen LogP) is 3.16. The fraction of sp³-hybridized carbons (Fsp3) is 0.133. The monoisotopic (exact) mass is 341 g/mol. The van der Waals surface area contributed by atoms with Crippen LogP contribution in [0.15, 0.2) is 47.4 Å². The number of Topliss-reactive ketones (excluding diaryl/α,β-unsaturated/α-hetero) is 1. The van der Waals surface area contributed by atoms with E-state index in [0.29, 0.717) is 10.6 Å². The van der Waals surface area contributed by atoms with Crippen LogP contribution in [0, 0.1) is 5.82 Å². The van der Waals surface area contributed by atoms with Crippen molar-refractivity contribution in [1.82, 2.24) is 4.72 Å². The number of carbonyl (C=O) groups excluding carboxylic acids is 1. The summed E-state index contributed by atoms with van der Waals surface area (Å²) < 4.78 is 40.1. The average Bonchev–Trinajstić information content (AvgIpc) is 2.48. The van der Waals surface area contributed by atoms with Gasteiger partial charge in [0.05, 0.1) is 4.90 Å². The molecule has 2 rings (SSSR count). The van der Waals surface area contributed by atoms with Gasteiger partial charge in [-0.05, 0) is 37.3 Å². The maximum absolute atomic E-state index is 13.6. The minimum atomic E-state index is -3.80. The van der Waals surface area contributed by atoms with E-state index in [9.17, 15) is 17.6 Å². The lowest BCUT2D eigenvalue weighted by Gasteiger charge is -2.08. The molecular formula is C15H13ClFNO3S. The average molecular weight is 342 g/mol. The minimum absolute atomic E-state index is 0.0000591. The second-order valence-electron chi connectivity index (χ2n) is 4.64. The maximum Gasteiger partial charge on any atom is 0.240 e. The number of rotatable bonds is 5. The third-order valence-electron chi connectivity index (χ3n) is 3.03. The third kappa shape index (κ3) is 3.91. The molecule has 0 amide bonds. The quantitative estimate of drug-likeness (QED) is 0.850. The number of hydrogen-bond acceptors (Lipinski definition) is 3. The van der Waals surface area contributed by atoms with E-state index in [1.807, 2.05) is 0 Å². The van der Waals surface area contributed by atoms with Crippen LogP contribution >= 0.6 is 11.6 Å². The second-order valence-corrected chi connectivity index (χ2v) is 6.84. The molecule has 0 aliphatic rings. The van der Waals surface area contributed by atoms with Crippen LogP contribution in [0.4, 0.5) is 4.39 Å². The van der Waals surface area contributed by atoms with Crippen LogP contribution in [0.5, 0.6) is 0 Å². The number of halogens is 2. The number of sulfonamides is 1. The molecule has 0 aliphatic carbocycles. The van der Waals surface area contributed by atoms with Crippen LogP contribution in [-0.2, 0) is 16.6 Å². The summed E-state index contributed by atoms with van der Waals surface area (Å²) in [5.74, 6) is -0.697. The smallest absolute Gasteiger partial charge is 0.240 e. The van der Waals surface area contributed by atoms with Crippen LogP contribution in [0.1, 0.15) is 22.8 Å². The predicted molar refractivity (Wildman–Crippen MR) is 81.9 cm³/mol. The zero-order chi connectivity index (χ0) is 16.3. The van der Waals surface area contributed by atoms with Gasteiger partial charge in [0.15, 0.2) is 5.78 Å². The van der Waals surface area contributed by atoms with Crippen molar-refractivity contribution >= 4 is 27.4 Å². The molecule has 0 saturated heterocycles. The van der Waals surface area contributed by atoms with Crippen molar-refractivity contribution in [3.8, 4) is 0 Å². The molecule has 0 bridgehead atoms. The summed E-state index contributed by atoms with van der Waals surface area (Å²) in [5, 5.41) is 0.321. The van der Waals surface area contributed by atoms with Crippen molar-refractivity contribution in [2.45, 2.75) is 18.4 Å². The Hall–Kier alpha value is -1.76. The molecule has 2 aromatic rings. The van der Waals surface area contributed by atoms with Crippen LogP contribution in [0.3, 0.4) is 0 Å². The van der Waals surface area contributed by atoms with E-state index >= 15 is 0 Å². The normalized spacial score (nSPS) is 11.4. The molecule has 0 radical (unpaired) electrons. The number of carbonyl (C=O) groups is 1. The van der Waals surface area contributed by atoms with E-state index in [1.165, 1.54) is 49.4 Å². The van der Waals surface area contributed by atoms with Gasteiger partial charge in [0.1, 0.15) is 5.82 Å².